The molecule has 0 saturated carbocycles. The number of aliphatic hydroxyl groups excluding tert-OH is 1. The van der Waals surface area contributed by atoms with E-state index < -0.39 is 6.10 Å². The van der Waals surface area contributed by atoms with Gasteiger partial charge < -0.3 is 10.8 Å². The van der Waals surface area contributed by atoms with Crippen molar-refractivity contribution >= 4 is 5.82 Å². The first kappa shape index (κ1) is 10.6. The van der Waals surface area contributed by atoms with Gasteiger partial charge in [0.2, 0.25) is 0 Å². The molecule has 0 fully saturated rings. The summed E-state index contributed by atoms with van der Waals surface area (Å²) in [5, 5.41) is 14.4. The molecule has 5 heteroatoms. The highest BCUT2D eigenvalue weighted by atomic mass is 16.3. The van der Waals surface area contributed by atoms with Crippen LogP contribution in [0.15, 0.2) is 24.5 Å². The first-order chi connectivity index (χ1) is 7.59. The molecule has 0 radical (unpaired) electrons. The van der Waals surface area contributed by atoms with Gasteiger partial charge in [0, 0.05) is 30.6 Å². The van der Waals surface area contributed by atoms with Crippen molar-refractivity contribution in [2.45, 2.75) is 13.0 Å². The van der Waals surface area contributed by atoms with E-state index in [-0.39, 0.29) is 0 Å². The van der Waals surface area contributed by atoms with Gasteiger partial charge in [0.15, 0.2) is 0 Å². The lowest BCUT2D eigenvalue weighted by Crippen LogP contribution is -2.05. The second-order valence-corrected chi connectivity index (χ2v) is 3.72. The van der Waals surface area contributed by atoms with E-state index in [1.165, 1.54) is 0 Å². The van der Waals surface area contributed by atoms with Crippen molar-refractivity contribution in [3.05, 3.63) is 41.3 Å². The van der Waals surface area contributed by atoms with Crippen molar-refractivity contribution in [2.75, 3.05) is 5.73 Å². The topological polar surface area (TPSA) is 77.0 Å². The molecule has 0 saturated heterocycles. The molecule has 0 aliphatic carbocycles. The van der Waals surface area contributed by atoms with Crippen molar-refractivity contribution in [2.24, 2.45) is 7.05 Å². The SMILES string of the molecule is Cc1nn(C)cc1C(O)c1cccnc1N. The maximum absolute atomic E-state index is 10.2. The second kappa shape index (κ2) is 3.94. The fourth-order valence-corrected chi connectivity index (χ4v) is 1.72. The molecule has 2 heterocycles. The number of anilines is 1. The molecule has 1 atom stereocenters. The van der Waals surface area contributed by atoms with Crippen LogP contribution in [0.25, 0.3) is 0 Å². The molecule has 1 unspecified atom stereocenters. The van der Waals surface area contributed by atoms with Crippen LogP contribution in [0.5, 0.6) is 0 Å². The number of hydrogen-bond donors (Lipinski definition) is 2. The molecule has 0 bridgehead atoms. The predicted octanol–water partition coefficient (Wildman–Crippen LogP) is 0.787. The monoisotopic (exact) mass is 218 g/mol. The quantitative estimate of drug-likeness (QED) is 0.781. The molecule has 3 N–H and O–H groups in total. The summed E-state index contributed by atoms with van der Waals surface area (Å²) in [7, 11) is 1.82. The van der Waals surface area contributed by atoms with Crippen molar-refractivity contribution in [1.82, 2.24) is 14.8 Å². The predicted molar refractivity (Wildman–Crippen MR) is 60.7 cm³/mol. The molecule has 2 aromatic rings. The fourth-order valence-electron chi connectivity index (χ4n) is 1.72. The molecule has 0 aromatic carbocycles. The Kier molecular flexibility index (Phi) is 2.62. The Hall–Kier alpha value is -1.88. The molecular weight excluding hydrogens is 204 g/mol. The molecule has 0 spiro atoms. The smallest absolute Gasteiger partial charge is 0.129 e. The van der Waals surface area contributed by atoms with Crippen LogP contribution in [0.1, 0.15) is 22.9 Å². The maximum atomic E-state index is 10.2. The number of nitrogen functional groups attached to an aromatic ring is 1. The van der Waals surface area contributed by atoms with Crippen molar-refractivity contribution in [1.29, 1.82) is 0 Å². The molecule has 16 heavy (non-hydrogen) atoms. The number of pyridine rings is 1. The van der Waals surface area contributed by atoms with Crippen LogP contribution in [-0.2, 0) is 7.05 Å². The first-order valence-corrected chi connectivity index (χ1v) is 4.98. The van der Waals surface area contributed by atoms with Crippen molar-refractivity contribution in [3.8, 4) is 0 Å². The Morgan fingerprint density at radius 1 is 1.44 bits per heavy atom. The van der Waals surface area contributed by atoms with Gasteiger partial charge in [-0.3, -0.25) is 4.68 Å². The van der Waals surface area contributed by atoms with Crippen molar-refractivity contribution < 1.29 is 5.11 Å². The minimum absolute atomic E-state index is 0.346. The van der Waals surface area contributed by atoms with E-state index in [2.05, 4.69) is 10.1 Å². The highest BCUT2D eigenvalue weighted by Gasteiger charge is 2.18. The molecule has 84 valence electrons. The second-order valence-electron chi connectivity index (χ2n) is 3.72. The number of hydrogen-bond acceptors (Lipinski definition) is 4. The number of aromatic nitrogens is 3. The summed E-state index contributed by atoms with van der Waals surface area (Å²) in [6.07, 6.45) is 2.61. The van der Waals surface area contributed by atoms with Gasteiger partial charge in [-0.15, -0.1) is 0 Å². The number of aryl methyl sites for hydroxylation is 2. The minimum atomic E-state index is -0.776. The molecule has 2 aromatic heterocycles. The number of nitrogens with two attached hydrogens (primary N) is 1. The van der Waals surface area contributed by atoms with Crippen LogP contribution in [0.4, 0.5) is 5.82 Å². The summed E-state index contributed by atoms with van der Waals surface area (Å²) in [6.45, 7) is 1.85. The highest BCUT2D eigenvalue weighted by Crippen LogP contribution is 2.26. The van der Waals surface area contributed by atoms with E-state index in [0.717, 1.165) is 11.3 Å². The van der Waals surface area contributed by atoms with E-state index in [1.807, 2.05) is 14.0 Å². The van der Waals surface area contributed by atoms with Crippen molar-refractivity contribution in [3.63, 3.8) is 0 Å². The number of rotatable bonds is 2. The summed E-state index contributed by atoms with van der Waals surface area (Å²) in [6, 6.07) is 3.51. The summed E-state index contributed by atoms with van der Waals surface area (Å²) in [5.74, 6) is 0.346. The fraction of sp³-hybridized carbons (Fsp3) is 0.273. The molecule has 0 amide bonds. The third-order valence-electron chi connectivity index (χ3n) is 2.51. The standard InChI is InChI=1S/C11H14N4O/c1-7-9(6-15(2)14-7)10(16)8-4-3-5-13-11(8)12/h3-6,10,16H,1-2H3,(H2,12,13). The molecular formula is C11H14N4O. The van der Waals surface area contributed by atoms with E-state index in [4.69, 9.17) is 5.73 Å². The van der Waals surface area contributed by atoms with E-state index in [1.54, 1.807) is 29.2 Å². The summed E-state index contributed by atoms with van der Waals surface area (Å²) < 4.78 is 1.67. The van der Waals surface area contributed by atoms with Crippen LogP contribution in [0, 0.1) is 6.92 Å². The summed E-state index contributed by atoms with van der Waals surface area (Å²) in [5.41, 5.74) is 7.87. The summed E-state index contributed by atoms with van der Waals surface area (Å²) >= 11 is 0. The highest BCUT2D eigenvalue weighted by molar-refractivity contribution is 5.44. The third kappa shape index (κ3) is 1.77. The zero-order valence-electron chi connectivity index (χ0n) is 9.25. The van der Waals surface area contributed by atoms with Crippen LogP contribution >= 0.6 is 0 Å². The molecule has 2 rings (SSSR count). The molecule has 5 nitrogen and oxygen atoms in total. The van der Waals surface area contributed by atoms with Crippen LogP contribution in [0.2, 0.25) is 0 Å². The van der Waals surface area contributed by atoms with Gasteiger partial charge in [0.05, 0.1) is 5.69 Å². The van der Waals surface area contributed by atoms with Gasteiger partial charge in [-0.05, 0) is 13.0 Å². The van der Waals surface area contributed by atoms with Gasteiger partial charge in [0.1, 0.15) is 11.9 Å². The lowest BCUT2D eigenvalue weighted by Gasteiger charge is -2.11. The first-order valence-electron chi connectivity index (χ1n) is 4.98. The van der Waals surface area contributed by atoms with Gasteiger partial charge in [-0.25, -0.2) is 4.98 Å². The lowest BCUT2D eigenvalue weighted by molar-refractivity contribution is 0.220. The average molecular weight is 218 g/mol. The Morgan fingerprint density at radius 3 is 2.75 bits per heavy atom. The van der Waals surface area contributed by atoms with Crippen LogP contribution < -0.4 is 5.73 Å². The van der Waals surface area contributed by atoms with Gasteiger partial charge >= 0.3 is 0 Å². The number of aliphatic hydroxyl groups is 1. The average Bonchev–Trinajstić information content (AvgIpc) is 2.58. The van der Waals surface area contributed by atoms with E-state index >= 15 is 0 Å². The minimum Gasteiger partial charge on any atom is -0.383 e. The van der Waals surface area contributed by atoms with E-state index in [0.29, 0.717) is 11.4 Å². The van der Waals surface area contributed by atoms with Gasteiger partial charge in [0.25, 0.3) is 0 Å². The van der Waals surface area contributed by atoms with Gasteiger partial charge in [-0.2, -0.15) is 5.10 Å². The normalized spacial score (nSPS) is 12.7. The molecule has 0 aliphatic rings. The van der Waals surface area contributed by atoms with Crippen LogP contribution in [0.3, 0.4) is 0 Å². The Bertz CT molecular complexity index is 506. The van der Waals surface area contributed by atoms with Crippen LogP contribution in [-0.4, -0.2) is 19.9 Å². The largest absolute Gasteiger partial charge is 0.383 e. The number of nitrogens with zero attached hydrogens (tertiary/aromatic N) is 3. The van der Waals surface area contributed by atoms with Gasteiger partial charge in [-0.1, -0.05) is 6.07 Å². The third-order valence-corrected chi connectivity index (χ3v) is 2.51. The zero-order valence-corrected chi connectivity index (χ0v) is 9.25. The van der Waals surface area contributed by atoms with E-state index in [9.17, 15) is 5.11 Å². The Balaban J connectivity index is 2.43. The molecule has 0 aliphatic heterocycles. The lowest BCUT2D eigenvalue weighted by atomic mass is 10.0. The summed E-state index contributed by atoms with van der Waals surface area (Å²) in [4.78, 5) is 3.95. The Morgan fingerprint density at radius 2 is 2.19 bits per heavy atom. The maximum Gasteiger partial charge on any atom is 0.129 e. The zero-order chi connectivity index (χ0) is 11.7. The Labute approximate surface area is 93.5 Å².